The number of hydrogen-bond acceptors (Lipinski definition) is 4. The predicted molar refractivity (Wildman–Crippen MR) is 72.8 cm³/mol. The van der Waals surface area contributed by atoms with Crippen LogP contribution in [0.2, 0.25) is 0 Å². The van der Waals surface area contributed by atoms with Crippen molar-refractivity contribution >= 4 is 39.3 Å². The Bertz CT molecular complexity index is 517. The van der Waals surface area contributed by atoms with Gasteiger partial charge in [-0.05, 0) is 18.2 Å². The average molecular weight is 329 g/mol. The Hall–Kier alpha value is -2.09. The second-order valence-corrected chi connectivity index (χ2v) is 4.74. The maximum absolute atomic E-state index is 12.2. The van der Waals surface area contributed by atoms with E-state index in [1.807, 2.05) is 0 Å². The lowest BCUT2D eigenvalue weighted by Gasteiger charge is -2.20. The van der Waals surface area contributed by atoms with Crippen LogP contribution in [0, 0.1) is 0 Å². The number of benzene rings is 1. The molecule has 0 aliphatic heterocycles. The molecule has 3 amide bonds. The molecule has 0 heterocycles. The van der Waals surface area contributed by atoms with Crippen LogP contribution in [-0.2, 0) is 9.59 Å². The fraction of sp³-hybridized carbons (Fsp3) is 0.182. The number of rotatable bonds is 5. The SMILES string of the molecule is NC(=O)CN(CC(N)=O)C(=O)c1ccc(Br)cc1N. The number of carbonyl (C=O) groups is 3. The first-order valence-corrected chi connectivity index (χ1v) is 6.01. The molecule has 102 valence electrons. The van der Waals surface area contributed by atoms with Crippen molar-refractivity contribution in [2.24, 2.45) is 11.5 Å². The van der Waals surface area contributed by atoms with Crippen molar-refractivity contribution in [3.05, 3.63) is 28.2 Å². The highest BCUT2D eigenvalue weighted by Gasteiger charge is 2.21. The molecule has 1 rings (SSSR count). The molecule has 19 heavy (non-hydrogen) atoms. The van der Waals surface area contributed by atoms with E-state index >= 15 is 0 Å². The van der Waals surface area contributed by atoms with Crippen LogP contribution in [0.1, 0.15) is 10.4 Å². The molecule has 6 N–H and O–H groups in total. The lowest BCUT2D eigenvalue weighted by molar-refractivity contribution is -0.121. The Labute approximate surface area is 117 Å². The van der Waals surface area contributed by atoms with Gasteiger partial charge in [-0.15, -0.1) is 0 Å². The number of nitrogens with two attached hydrogens (primary N) is 3. The fourth-order valence-corrected chi connectivity index (χ4v) is 1.85. The standard InChI is InChI=1S/C11H13BrN4O3/c12-6-1-2-7(8(13)3-6)11(19)16(4-9(14)17)5-10(15)18/h1-3H,4-5,13H2,(H2,14,17)(H2,15,18). The summed E-state index contributed by atoms with van der Waals surface area (Å²) in [6.45, 7) is -0.811. The van der Waals surface area contributed by atoms with Crippen LogP contribution in [-0.4, -0.2) is 35.7 Å². The molecule has 0 unspecified atom stereocenters. The number of nitrogen functional groups attached to an aromatic ring is 1. The van der Waals surface area contributed by atoms with Gasteiger partial charge < -0.3 is 22.1 Å². The maximum atomic E-state index is 12.2. The van der Waals surface area contributed by atoms with E-state index in [1.54, 1.807) is 12.1 Å². The van der Waals surface area contributed by atoms with Crippen molar-refractivity contribution in [2.75, 3.05) is 18.8 Å². The first-order valence-electron chi connectivity index (χ1n) is 5.22. The smallest absolute Gasteiger partial charge is 0.256 e. The minimum absolute atomic E-state index is 0.172. The maximum Gasteiger partial charge on any atom is 0.256 e. The summed E-state index contributed by atoms with van der Waals surface area (Å²) in [5, 5.41) is 0. The van der Waals surface area contributed by atoms with E-state index in [2.05, 4.69) is 15.9 Å². The number of hydrogen-bond donors (Lipinski definition) is 3. The minimum atomic E-state index is -0.745. The Morgan fingerprint density at radius 1 is 1.11 bits per heavy atom. The fourth-order valence-electron chi connectivity index (χ4n) is 1.47. The zero-order valence-electron chi connectivity index (χ0n) is 9.93. The summed E-state index contributed by atoms with van der Waals surface area (Å²) < 4.78 is 0.706. The van der Waals surface area contributed by atoms with Gasteiger partial charge >= 0.3 is 0 Å². The number of amides is 3. The van der Waals surface area contributed by atoms with Gasteiger partial charge in [0.15, 0.2) is 0 Å². The van der Waals surface area contributed by atoms with Crippen LogP contribution in [0.4, 0.5) is 5.69 Å². The molecule has 0 aliphatic rings. The zero-order chi connectivity index (χ0) is 14.6. The summed E-state index contributed by atoms with van der Waals surface area (Å²) in [6.07, 6.45) is 0. The van der Waals surface area contributed by atoms with Gasteiger partial charge in [0, 0.05) is 10.2 Å². The molecular formula is C11H13BrN4O3. The van der Waals surface area contributed by atoms with Crippen LogP contribution in [0.25, 0.3) is 0 Å². The Morgan fingerprint density at radius 3 is 2.05 bits per heavy atom. The third kappa shape index (κ3) is 4.25. The molecule has 0 aromatic heterocycles. The van der Waals surface area contributed by atoms with Gasteiger partial charge in [-0.2, -0.15) is 0 Å². The molecule has 0 bridgehead atoms. The predicted octanol–water partition coefficient (Wildman–Crippen LogP) is -0.556. The summed E-state index contributed by atoms with van der Waals surface area (Å²) in [5.41, 5.74) is 16.2. The average Bonchev–Trinajstić information content (AvgIpc) is 2.26. The van der Waals surface area contributed by atoms with Crippen molar-refractivity contribution in [3.63, 3.8) is 0 Å². The summed E-state index contributed by atoms with van der Waals surface area (Å²) in [7, 11) is 0. The molecule has 0 atom stereocenters. The quantitative estimate of drug-likeness (QED) is 0.625. The molecule has 1 aromatic carbocycles. The van der Waals surface area contributed by atoms with Crippen molar-refractivity contribution < 1.29 is 14.4 Å². The summed E-state index contributed by atoms with van der Waals surface area (Å²) >= 11 is 3.21. The van der Waals surface area contributed by atoms with Crippen molar-refractivity contribution in [1.82, 2.24) is 4.90 Å². The van der Waals surface area contributed by atoms with Crippen molar-refractivity contribution in [2.45, 2.75) is 0 Å². The molecular weight excluding hydrogens is 316 g/mol. The highest BCUT2D eigenvalue weighted by atomic mass is 79.9. The number of nitrogens with zero attached hydrogens (tertiary/aromatic N) is 1. The van der Waals surface area contributed by atoms with Crippen molar-refractivity contribution in [1.29, 1.82) is 0 Å². The van der Waals surface area contributed by atoms with E-state index in [0.29, 0.717) is 4.47 Å². The number of carbonyl (C=O) groups excluding carboxylic acids is 3. The number of halogens is 1. The van der Waals surface area contributed by atoms with E-state index in [0.717, 1.165) is 4.90 Å². The third-order valence-electron chi connectivity index (χ3n) is 2.22. The summed E-state index contributed by atoms with van der Waals surface area (Å²) in [5.74, 6) is -2.07. The second-order valence-electron chi connectivity index (χ2n) is 3.83. The van der Waals surface area contributed by atoms with Gasteiger partial charge in [0.1, 0.15) is 13.1 Å². The molecule has 0 saturated carbocycles. The van der Waals surface area contributed by atoms with E-state index < -0.39 is 30.8 Å². The van der Waals surface area contributed by atoms with Crippen LogP contribution < -0.4 is 17.2 Å². The topological polar surface area (TPSA) is 133 Å². The zero-order valence-corrected chi connectivity index (χ0v) is 11.5. The summed E-state index contributed by atoms with van der Waals surface area (Å²) in [6, 6.07) is 4.65. The highest BCUT2D eigenvalue weighted by molar-refractivity contribution is 9.10. The molecule has 0 fully saturated rings. The second kappa shape index (κ2) is 6.19. The van der Waals surface area contributed by atoms with Gasteiger partial charge in [-0.25, -0.2) is 0 Å². The lowest BCUT2D eigenvalue weighted by Crippen LogP contribution is -2.43. The minimum Gasteiger partial charge on any atom is -0.398 e. The van der Waals surface area contributed by atoms with Crippen LogP contribution in [0.15, 0.2) is 22.7 Å². The van der Waals surface area contributed by atoms with Crippen molar-refractivity contribution in [3.8, 4) is 0 Å². The van der Waals surface area contributed by atoms with Crippen LogP contribution in [0.3, 0.4) is 0 Å². The monoisotopic (exact) mass is 328 g/mol. The Kier molecular flexibility index (Phi) is 4.87. The Balaban J connectivity index is 3.04. The van der Waals surface area contributed by atoms with Gasteiger partial charge in [0.2, 0.25) is 11.8 Å². The van der Waals surface area contributed by atoms with Crippen LogP contribution in [0.5, 0.6) is 0 Å². The third-order valence-corrected chi connectivity index (χ3v) is 2.72. The molecule has 1 aromatic rings. The molecule has 0 radical (unpaired) electrons. The molecule has 0 spiro atoms. The van der Waals surface area contributed by atoms with E-state index in [1.165, 1.54) is 6.07 Å². The number of anilines is 1. The number of primary amides is 2. The lowest BCUT2D eigenvalue weighted by atomic mass is 10.1. The van der Waals surface area contributed by atoms with E-state index in [-0.39, 0.29) is 11.3 Å². The van der Waals surface area contributed by atoms with Gasteiger partial charge in [0.05, 0.1) is 5.56 Å². The van der Waals surface area contributed by atoms with Gasteiger partial charge in [-0.3, -0.25) is 14.4 Å². The van der Waals surface area contributed by atoms with Crippen LogP contribution >= 0.6 is 15.9 Å². The first kappa shape index (κ1) is 15.0. The van der Waals surface area contributed by atoms with E-state index in [4.69, 9.17) is 17.2 Å². The summed E-state index contributed by atoms with van der Waals surface area (Å²) in [4.78, 5) is 34.9. The largest absolute Gasteiger partial charge is 0.398 e. The molecule has 0 aliphatic carbocycles. The first-order chi connectivity index (χ1) is 8.81. The highest BCUT2D eigenvalue weighted by Crippen LogP contribution is 2.20. The Morgan fingerprint density at radius 2 is 1.63 bits per heavy atom. The normalized spacial score (nSPS) is 9.95. The van der Waals surface area contributed by atoms with Gasteiger partial charge in [0.25, 0.3) is 5.91 Å². The molecule has 7 nitrogen and oxygen atoms in total. The molecule has 0 saturated heterocycles. The van der Waals surface area contributed by atoms with E-state index in [9.17, 15) is 14.4 Å². The van der Waals surface area contributed by atoms with Gasteiger partial charge in [-0.1, -0.05) is 15.9 Å². The molecule has 8 heteroatoms.